The molecule has 29 heavy (non-hydrogen) atoms. The molecule has 0 aliphatic carbocycles. The summed E-state index contributed by atoms with van der Waals surface area (Å²) in [4.78, 5) is 26.9. The topological polar surface area (TPSA) is 59.1 Å². The van der Waals surface area contributed by atoms with Gasteiger partial charge in [-0.1, -0.05) is 18.2 Å². The van der Waals surface area contributed by atoms with Gasteiger partial charge in [0.05, 0.1) is 19.9 Å². The molecular weight excluding hydrogens is 389 g/mol. The van der Waals surface area contributed by atoms with E-state index in [1.165, 1.54) is 19.2 Å². The molecule has 1 aliphatic rings. The summed E-state index contributed by atoms with van der Waals surface area (Å²) < 4.78 is 49.9. The molecule has 0 saturated heterocycles. The van der Waals surface area contributed by atoms with Crippen LogP contribution in [0.5, 0.6) is 5.75 Å². The first-order chi connectivity index (χ1) is 13.8. The Labute approximate surface area is 165 Å². The van der Waals surface area contributed by atoms with Crippen molar-refractivity contribution in [2.24, 2.45) is 0 Å². The second-order valence-corrected chi connectivity index (χ2v) is 6.42. The van der Waals surface area contributed by atoms with Crippen molar-refractivity contribution in [1.82, 2.24) is 0 Å². The summed E-state index contributed by atoms with van der Waals surface area (Å²) in [5, 5.41) is 0. The second kappa shape index (κ2) is 8.02. The summed E-state index contributed by atoms with van der Waals surface area (Å²) in [6.07, 6.45) is -5.14. The van der Waals surface area contributed by atoms with Crippen LogP contribution < -0.4 is 14.5 Å². The number of ether oxygens (including phenoxy) is 2. The Kier molecular flexibility index (Phi) is 5.67. The molecule has 1 atom stereocenters. The Bertz CT molecular complexity index is 899. The molecule has 0 spiro atoms. The number of fused-ring (bicyclic) bond motifs is 1. The zero-order chi connectivity index (χ0) is 21.2. The first-order valence-corrected chi connectivity index (χ1v) is 8.71. The molecule has 154 valence electrons. The van der Waals surface area contributed by atoms with Gasteiger partial charge in [-0.25, -0.2) is 4.79 Å². The molecule has 1 unspecified atom stereocenters. The molecule has 0 fully saturated rings. The normalized spacial score (nSPS) is 16.7. The lowest BCUT2D eigenvalue weighted by atomic mass is 10.1. The predicted octanol–water partition coefficient (Wildman–Crippen LogP) is 3.15. The first kappa shape index (κ1) is 20.5. The Morgan fingerprint density at radius 1 is 1.03 bits per heavy atom. The molecule has 0 bridgehead atoms. The van der Waals surface area contributed by atoms with Gasteiger partial charge < -0.3 is 14.4 Å². The van der Waals surface area contributed by atoms with Gasteiger partial charge in [0.2, 0.25) is 0 Å². The molecule has 9 heteroatoms. The van der Waals surface area contributed by atoms with E-state index in [0.717, 1.165) is 7.11 Å². The molecule has 0 saturated carbocycles. The van der Waals surface area contributed by atoms with Gasteiger partial charge in [0.15, 0.2) is 6.04 Å². The van der Waals surface area contributed by atoms with Crippen LogP contribution in [0.15, 0.2) is 48.5 Å². The molecule has 0 N–H and O–H groups in total. The lowest BCUT2D eigenvalue weighted by Gasteiger charge is -2.31. The Balaban J connectivity index is 2.11. The smallest absolute Gasteiger partial charge is 0.471 e. The Morgan fingerprint density at radius 2 is 1.69 bits per heavy atom. The number of carbonyl (C=O) groups excluding carboxylic acids is 2. The fourth-order valence-electron chi connectivity index (χ4n) is 3.30. The molecule has 0 radical (unpaired) electrons. The zero-order valence-corrected chi connectivity index (χ0v) is 15.8. The number of halogens is 3. The van der Waals surface area contributed by atoms with Crippen LogP contribution in [-0.4, -0.2) is 44.9 Å². The molecule has 3 rings (SSSR count). The quantitative estimate of drug-likeness (QED) is 0.731. The van der Waals surface area contributed by atoms with E-state index >= 15 is 0 Å². The van der Waals surface area contributed by atoms with E-state index in [-0.39, 0.29) is 18.8 Å². The van der Waals surface area contributed by atoms with Crippen molar-refractivity contribution in [2.75, 3.05) is 30.6 Å². The number of amides is 1. The van der Waals surface area contributed by atoms with Crippen molar-refractivity contribution >= 4 is 23.3 Å². The molecule has 2 aromatic rings. The van der Waals surface area contributed by atoms with Crippen LogP contribution in [0, 0.1) is 0 Å². The van der Waals surface area contributed by atoms with Gasteiger partial charge in [0, 0.05) is 18.8 Å². The lowest BCUT2D eigenvalue weighted by molar-refractivity contribution is -0.171. The molecule has 6 nitrogen and oxygen atoms in total. The number of alkyl halides is 3. The monoisotopic (exact) mass is 408 g/mol. The second-order valence-electron chi connectivity index (χ2n) is 6.42. The van der Waals surface area contributed by atoms with E-state index in [1.807, 2.05) is 0 Å². The van der Waals surface area contributed by atoms with Crippen LogP contribution in [0.1, 0.15) is 5.56 Å². The first-order valence-electron chi connectivity index (χ1n) is 8.71. The largest absolute Gasteiger partial charge is 0.497 e. The number of benzene rings is 2. The molecule has 2 aromatic carbocycles. The minimum Gasteiger partial charge on any atom is -0.497 e. The fourth-order valence-corrected chi connectivity index (χ4v) is 3.30. The van der Waals surface area contributed by atoms with Crippen LogP contribution in [-0.2, 0) is 20.9 Å². The van der Waals surface area contributed by atoms with Crippen molar-refractivity contribution in [1.29, 1.82) is 0 Å². The summed E-state index contributed by atoms with van der Waals surface area (Å²) in [6.45, 7) is 0.0349. The highest BCUT2D eigenvalue weighted by Crippen LogP contribution is 2.34. The van der Waals surface area contributed by atoms with E-state index in [4.69, 9.17) is 9.47 Å². The minimum absolute atomic E-state index is 0.0289. The summed E-state index contributed by atoms with van der Waals surface area (Å²) in [7, 11) is 2.60. The number of hydrogen-bond acceptors (Lipinski definition) is 5. The maximum absolute atomic E-state index is 13.3. The number of methoxy groups -OCH3 is 2. The lowest BCUT2D eigenvalue weighted by Crippen LogP contribution is -2.54. The summed E-state index contributed by atoms with van der Waals surface area (Å²) in [5.74, 6) is -2.43. The molecule has 1 aliphatic heterocycles. The van der Waals surface area contributed by atoms with Crippen LogP contribution in [0.4, 0.5) is 24.5 Å². The maximum Gasteiger partial charge on any atom is 0.471 e. The number of esters is 1. The van der Waals surface area contributed by atoms with Crippen LogP contribution in [0.3, 0.4) is 0 Å². The number of nitrogens with zero attached hydrogens (tertiary/aromatic N) is 2. The highest BCUT2D eigenvalue weighted by atomic mass is 19.4. The average Bonchev–Trinajstić information content (AvgIpc) is 2.89. The summed E-state index contributed by atoms with van der Waals surface area (Å²) in [6, 6.07) is 11.6. The van der Waals surface area contributed by atoms with E-state index in [2.05, 4.69) is 0 Å². The number of rotatable bonds is 3. The van der Waals surface area contributed by atoms with Crippen LogP contribution >= 0.6 is 0 Å². The van der Waals surface area contributed by atoms with Crippen molar-refractivity contribution in [3.05, 3.63) is 54.1 Å². The summed E-state index contributed by atoms with van der Waals surface area (Å²) in [5.41, 5.74) is 1.17. The third-order valence-corrected chi connectivity index (χ3v) is 4.69. The van der Waals surface area contributed by atoms with Gasteiger partial charge in [-0.3, -0.25) is 9.69 Å². The maximum atomic E-state index is 13.3. The van der Waals surface area contributed by atoms with Gasteiger partial charge in [-0.15, -0.1) is 0 Å². The highest BCUT2D eigenvalue weighted by Gasteiger charge is 2.49. The van der Waals surface area contributed by atoms with Gasteiger partial charge in [-0.2, -0.15) is 13.2 Å². The molecule has 1 heterocycles. The fraction of sp³-hybridized carbons (Fsp3) is 0.300. The molecule has 1 amide bonds. The van der Waals surface area contributed by atoms with Gasteiger partial charge >= 0.3 is 18.1 Å². The third-order valence-electron chi connectivity index (χ3n) is 4.69. The van der Waals surface area contributed by atoms with Crippen molar-refractivity contribution < 1.29 is 32.2 Å². The standard InChI is InChI=1S/C20H19F3N2O4/c1-28-15-9-7-14(8-10-15)24-11-13-5-3-4-6-16(13)25(19(27)20(21,22)23)17(12-24)18(26)29-2/h3-10,17H,11-12H2,1-2H3. The Hall–Kier alpha value is -3.23. The van der Waals surface area contributed by atoms with Crippen molar-refractivity contribution in [3.63, 3.8) is 0 Å². The van der Waals surface area contributed by atoms with Gasteiger partial charge in [0.1, 0.15) is 5.75 Å². The predicted molar refractivity (Wildman–Crippen MR) is 99.8 cm³/mol. The summed E-state index contributed by atoms with van der Waals surface area (Å²) >= 11 is 0. The van der Waals surface area contributed by atoms with Gasteiger partial charge in [-0.05, 0) is 35.9 Å². The van der Waals surface area contributed by atoms with Crippen LogP contribution in [0.2, 0.25) is 0 Å². The minimum atomic E-state index is -5.14. The van der Waals surface area contributed by atoms with Crippen molar-refractivity contribution in [2.45, 2.75) is 18.8 Å². The number of hydrogen-bond donors (Lipinski definition) is 0. The van der Waals surface area contributed by atoms with Crippen LogP contribution in [0.25, 0.3) is 0 Å². The molecular formula is C20H19F3N2O4. The van der Waals surface area contributed by atoms with Crippen molar-refractivity contribution in [3.8, 4) is 5.75 Å². The average molecular weight is 408 g/mol. The SMILES string of the molecule is COC(=O)C1CN(c2ccc(OC)cc2)Cc2ccccc2N1C(=O)C(F)(F)F. The number of para-hydroxylation sites is 1. The number of carbonyl (C=O) groups is 2. The third kappa shape index (κ3) is 4.13. The Morgan fingerprint density at radius 3 is 2.28 bits per heavy atom. The van der Waals surface area contributed by atoms with E-state index in [1.54, 1.807) is 41.3 Å². The van der Waals surface area contributed by atoms with Gasteiger partial charge in [0.25, 0.3) is 0 Å². The van der Waals surface area contributed by atoms with E-state index in [9.17, 15) is 22.8 Å². The van der Waals surface area contributed by atoms with E-state index in [0.29, 0.717) is 21.9 Å². The molecule has 0 aromatic heterocycles. The highest BCUT2D eigenvalue weighted by molar-refractivity contribution is 6.03. The zero-order valence-electron chi connectivity index (χ0n) is 15.8. The number of anilines is 2. The van der Waals surface area contributed by atoms with E-state index < -0.39 is 24.1 Å².